The maximum Gasteiger partial charge on any atom is 0.237 e. The molecule has 0 aromatic carbocycles. The Morgan fingerprint density at radius 1 is 1.21 bits per heavy atom. The molecule has 33 heavy (non-hydrogen) atoms. The zero-order valence-corrected chi connectivity index (χ0v) is 20.1. The van der Waals surface area contributed by atoms with E-state index >= 15 is 0 Å². The van der Waals surface area contributed by atoms with Gasteiger partial charge in [0.15, 0.2) is 11.5 Å². The zero-order valence-electron chi connectivity index (χ0n) is 20.1. The number of ether oxygens (including phenoxy) is 1. The zero-order chi connectivity index (χ0) is 23.0. The van der Waals surface area contributed by atoms with Gasteiger partial charge in [-0.15, -0.1) is 0 Å². The first-order valence-corrected chi connectivity index (χ1v) is 12.4. The number of anilines is 1. The molecule has 1 aliphatic heterocycles. The van der Waals surface area contributed by atoms with E-state index in [0.717, 1.165) is 55.9 Å². The summed E-state index contributed by atoms with van der Waals surface area (Å²) in [4.78, 5) is 28.9. The van der Waals surface area contributed by atoms with Gasteiger partial charge in [0.05, 0.1) is 25.6 Å². The molecule has 3 fully saturated rings. The summed E-state index contributed by atoms with van der Waals surface area (Å²) in [7, 11) is 0. The van der Waals surface area contributed by atoms with Crippen molar-refractivity contribution in [3.8, 4) is 0 Å². The number of aromatic nitrogens is 4. The summed E-state index contributed by atoms with van der Waals surface area (Å²) in [5, 5.41) is 6.95. The largest absolute Gasteiger partial charge is 0.379 e. The Balaban J connectivity index is 1.26. The quantitative estimate of drug-likeness (QED) is 0.662. The van der Waals surface area contributed by atoms with Crippen molar-refractivity contribution in [2.24, 2.45) is 11.3 Å². The molecule has 3 aliphatic rings. The SMILES string of the molecule is CC(C(=O)NC1CCC(C)(C)CC1CNc1ncnc2c1ncn2C1CC1)N1CCOCC1. The van der Waals surface area contributed by atoms with E-state index < -0.39 is 0 Å². The van der Waals surface area contributed by atoms with Crippen molar-refractivity contribution in [2.45, 2.75) is 71.0 Å². The highest BCUT2D eigenvalue weighted by Gasteiger charge is 2.37. The van der Waals surface area contributed by atoms with Crippen LogP contribution in [0.2, 0.25) is 0 Å². The van der Waals surface area contributed by atoms with Crippen LogP contribution in [0.1, 0.15) is 58.9 Å². The first-order valence-electron chi connectivity index (χ1n) is 12.4. The van der Waals surface area contributed by atoms with Gasteiger partial charge >= 0.3 is 0 Å². The number of nitrogens with zero attached hydrogens (tertiary/aromatic N) is 5. The van der Waals surface area contributed by atoms with Crippen LogP contribution in [-0.4, -0.2) is 75.3 Å². The number of hydrogen-bond acceptors (Lipinski definition) is 7. The van der Waals surface area contributed by atoms with Crippen molar-refractivity contribution in [3.63, 3.8) is 0 Å². The molecule has 2 N–H and O–H groups in total. The van der Waals surface area contributed by atoms with Crippen LogP contribution in [0.4, 0.5) is 5.82 Å². The van der Waals surface area contributed by atoms with Crippen molar-refractivity contribution < 1.29 is 9.53 Å². The second-order valence-electron chi connectivity index (χ2n) is 10.8. The van der Waals surface area contributed by atoms with Gasteiger partial charge in [-0.25, -0.2) is 15.0 Å². The molecule has 3 heterocycles. The number of imidazole rings is 1. The molecule has 2 aromatic heterocycles. The van der Waals surface area contributed by atoms with Gasteiger partial charge < -0.3 is 19.9 Å². The summed E-state index contributed by atoms with van der Waals surface area (Å²) in [5.41, 5.74) is 2.00. The number of nitrogens with one attached hydrogen (secondary N) is 2. The summed E-state index contributed by atoms with van der Waals surface area (Å²) < 4.78 is 7.61. The predicted octanol–water partition coefficient (Wildman–Crippen LogP) is 2.60. The lowest BCUT2D eigenvalue weighted by Crippen LogP contribution is -2.54. The van der Waals surface area contributed by atoms with E-state index in [1.807, 2.05) is 13.3 Å². The molecule has 3 unspecified atom stereocenters. The summed E-state index contributed by atoms with van der Waals surface area (Å²) >= 11 is 0. The average molecular weight is 456 g/mol. The Morgan fingerprint density at radius 3 is 2.76 bits per heavy atom. The molecule has 2 saturated carbocycles. The van der Waals surface area contributed by atoms with E-state index in [2.05, 4.69) is 48.9 Å². The lowest BCUT2D eigenvalue weighted by atomic mass is 9.69. The third-order valence-corrected chi connectivity index (χ3v) is 7.65. The van der Waals surface area contributed by atoms with Gasteiger partial charge in [-0.3, -0.25) is 9.69 Å². The topological polar surface area (TPSA) is 97.2 Å². The minimum atomic E-state index is -0.134. The number of amides is 1. The number of carbonyl (C=O) groups excluding carboxylic acids is 1. The third-order valence-electron chi connectivity index (χ3n) is 7.65. The highest BCUT2D eigenvalue weighted by atomic mass is 16.5. The maximum atomic E-state index is 13.1. The molecule has 1 saturated heterocycles. The van der Waals surface area contributed by atoms with Crippen molar-refractivity contribution in [2.75, 3.05) is 38.2 Å². The van der Waals surface area contributed by atoms with E-state index in [-0.39, 0.29) is 23.4 Å². The fraction of sp³-hybridized carbons (Fsp3) is 0.750. The highest BCUT2D eigenvalue weighted by Crippen LogP contribution is 2.40. The number of hydrogen-bond donors (Lipinski definition) is 2. The second kappa shape index (κ2) is 9.18. The molecule has 3 atom stereocenters. The summed E-state index contributed by atoms with van der Waals surface area (Å²) in [5.74, 6) is 1.24. The molecule has 5 rings (SSSR count). The van der Waals surface area contributed by atoms with Gasteiger partial charge in [0, 0.05) is 31.7 Å². The first kappa shape index (κ1) is 22.5. The normalized spacial score (nSPS) is 26.8. The van der Waals surface area contributed by atoms with Gasteiger partial charge in [0.25, 0.3) is 0 Å². The van der Waals surface area contributed by atoms with Crippen molar-refractivity contribution in [1.82, 2.24) is 29.7 Å². The lowest BCUT2D eigenvalue weighted by molar-refractivity contribution is -0.129. The van der Waals surface area contributed by atoms with Crippen LogP contribution >= 0.6 is 0 Å². The predicted molar refractivity (Wildman–Crippen MR) is 127 cm³/mol. The van der Waals surface area contributed by atoms with Crippen LogP contribution in [0.5, 0.6) is 0 Å². The number of fused-ring (bicyclic) bond motifs is 1. The van der Waals surface area contributed by atoms with E-state index in [0.29, 0.717) is 25.2 Å². The molecular formula is C24H37N7O2. The van der Waals surface area contributed by atoms with E-state index in [4.69, 9.17) is 4.74 Å². The number of rotatable bonds is 7. The Morgan fingerprint density at radius 2 is 2.00 bits per heavy atom. The fourth-order valence-corrected chi connectivity index (χ4v) is 5.40. The molecule has 2 aliphatic carbocycles. The standard InChI is InChI=1S/C24H37N7O2/c1-16(30-8-10-33-11-9-30)23(32)29-19-6-7-24(2,3)12-17(19)13-25-21-20-22(27-14-26-21)31(15-28-20)18-4-5-18/h14-19H,4-13H2,1-3H3,(H,29,32)(H,25,26,27). The Labute approximate surface area is 195 Å². The van der Waals surface area contributed by atoms with Crippen LogP contribution < -0.4 is 10.6 Å². The van der Waals surface area contributed by atoms with Crippen LogP contribution in [0.15, 0.2) is 12.7 Å². The summed E-state index contributed by atoms with van der Waals surface area (Å²) in [6.07, 6.45) is 9.07. The Kier molecular flexibility index (Phi) is 6.26. The smallest absolute Gasteiger partial charge is 0.237 e. The van der Waals surface area contributed by atoms with Crippen molar-refractivity contribution >= 4 is 22.9 Å². The minimum absolute atomic E-state index is 0.124. The monoisotopic (exact) mass is 455 g/mol. The van der Waals surface area contributed by atoms with E-state index in [9.17, 15) is 4.79 Å². The van der Waals surface area contributed by atoms with Gasteiger partial charge in [-0.05, 0) is 50.4 Å². The number of morpholine rings is 1. The van der Waals surface area contributed by atoms with Crippen molar-refractivity contribution in [3.05, 3.63) is 12.7 Å². The minimum Gasteiger partial charge on any atom is -0.379 e. The molecule has 180 valence electrons. The highest BCUT2D eigenvalue weighted by molar-refractivity contribution is 5.83. The van der Waals surface area contributed by atoms with Gasteiger partial charge in [0.2, 0.25) is 5.91 Å². The lowest BCUT2D eigenvalue weighted by Gasteiger charge is -2.42. The molecule has 0 bridgehead atoms. The van der Waals surface area contributed by atoms with Crippen LogP contribution in [-0.2, 0) is 9.53 Å². The molecular weight excluding hydrogens is 418 g/mol. The Bertz CT molecular complexity index is 980. The second-order valence-corrected chi connectivity index (χ2v) is 10.8. The molecule has 0 radical (unpaired) electrons. The van der Waals surface area contributed by atoms with Gasteiger partial charge in [0.1, 0.15) is 11.8 Å². The van der Waals surface area contributed by atoms with Crippen LogP contribution in [0.3, 0.4) is 0 Å². The van der Waals surface area contributed by atoms with E-state index in [1.165, 1.54) is 12.8 Å². The average Bonchev–Trinajstić information content (AvgIpc) is 3.57. The first-order chi connectivity index (χ1) is 15.9. The molecule has 9 heteroatoms. The van der Waals surface area contributed by atoms with Gasteiger partial charge in [-0.1, -0.05) is 13.8 Å². The molecule has 1 amide bonds. The van der Waals surface area contributed by atoms with Crippen LogP contribution in [0.25, 0.3) is 11.2 Å². The van der Waals surface area contributed by atoms with E-state index in [1.54, 1.807) is 6.33 Å². The number of carbonyl (C=O) groups is 1. The maximum absolute atomic E-state index is 13.1. The Hall–Kier alpha value is -2.26. The molecule has 9 nitrogen and oxygen atoms in total. The van der Waals surface area contributed by atoms with Gasteiger partial charge in [-0.2, -0.15) is 0 Å². The van der Waals surface area contributed by atoms with Crippen molar-refractivity contribution in [1.29, 1.82) is 0 Å². The summed E-state index contributed by atoms with van der Waals surface area (Å²) in [6, 6.07) is 0.554. The molecule has 2 aromatic rings. The molecule has 0 spiro atoms. The van der Waals surface area contributed by atoms with Crippen LogP contribution in [0, 0.1) is 11.3 Å². The fourth-order valence-electron chi connectivity index (χ4n) is 5.40. The summed E-state index contributed by atoms with van der Waals surface area (Å²) in [6.45, 7) is 10.4. The third kappa shape index (κ3) is 4.99.